The van der Waals surface area contributed by atoms with Crippen molar-refractivity contribution in [1.29, 1.82) is 0 Å². The minimum atomic E-state index is -4.92. The topological polar surface area (TPSA) is 144 Å². The molecule has 0 heterocycles. The molecule has 0 aliphatic heterocycles. The molecule has 0 radical (unpaired) electrons. The first kappa shape index (κ1) is 23.3. The Morgan fingerprint density at radius 1 is 1.18 bits per heavy atom. The van der Waals surface area contributed by atoms with E-state index < -0.39 is 15.5 Å². The summed E-state index contributed by atoms with van der Waals surface area (Å²) in [5, 5.41) is 14.8. The van der Waals surface area contributed by atoms with E-state index in [1.807, 2.05) is 0 Å². The van der Waals surface area contributed by atoms with Gasteiger partial charge in [-0.05, 0) is 0 Å². The smallest absolute Gasteiger partial charge is 0.726 e. The minimum Gasteiger partial charge on any atom is -0.726 e. The van der Waals surface area contributed by atoms with Gasteiger partial charge < -0.3 is 19.9 Å². The fourth-order valence-corrected chi connectivity index (χ4v) is 0. The van der Waals surface area contributed by atoms with E-state index in [2.05, 4.69) is 0 Å². The minimum absolute atomic E-state index is 0. The number of nitrogens with zero attached hydrogens (tertiary/aromatic N) is 1. The summed E-state index contributed by atoms with van der Waals surface area (Å²) in [5.74, 6) is 0. The van der Waals surface area contributed by atoms with Crippen LogP contribution in [-0.2, 0) is 10.4 Å². The molecule has 0 saturated heterocycles. The molecule has 0 fully saturated rings. The standard InChI is InChI=1S/2K.NO3.H2O4S/c;;2-1(3)4;1-5(2,3)4/h;;;(H2,1,2,3,4)/q2*+1;-1;/p-1. The third-order valence-corrected chi connectivity index (χ3v) is 0. The Morgan fingerprint density at radius 3 is 1.18 bits per heavy atom. The van der Waals surface area contributed by atoms with E-state index in [0.717, 1.165) is 0 Å². The van der Waals surface area contributed by atoms with E-state index in [1.54, 1.807) is 0 Å². The van der Waals surface area contributed by atoms with Gasteiger partial charge >= 0.3 is 103 Å². The maximum Gasteiger partial charge on any atom is 1.00 e. The van der Waals surface area contributed by atoms with Crippen molar-refractivity contribution in [2.75, 3.05) is 0 Å². The van der Waals surface area contributed by atoms with Crippen molar-refractivity contribution in [3.8, 4) is 0 Å². The third kappa shape index (κ3) is 241. The summed E-state index contributed by atoms with van der Waals surface area (Å²) in [7, 11) is -4.92. The van der Waals surface area contributed by atoms with Crippen molar-refractivity contribution in [3.05, 3.63) is 15.3 Å². The van der Waals surface area contributed by atoms with Crippen LogP contribution < -0.4 is 103 Å². The molecule has 8 nitrogen and oxygen atoms in total. The molecule has 11 heteroatoms. The molecular weight excluding hydrogens is 236 g/mol. The maximum atomic E-state index is 8.63. The van der Waals surface area contributed by atoms with Gasteiger partial charge in [0.05, 0.1) is 5.09 Å². The van der Waals surface area contributed by atoms with Crippen molar-refractivity contribution in [1.82, 2.24) is 0 Å². The summed E-state index contributed by atoms with van der Waals surface area (Å²) < 4.78 is 32.8. The molecule has 0 aromatic carbocycles. The Hall–Kier alpha value is 2.34. The van der Waals surface area contributed by atoms with Crippen LogP contribution in [0.25, 0.3) is 0 Å². The summed E-state index contributed by atoms with van der Waals surface area (Å²) in [6.07, 6.45) is 0. The second-order valence-corrected chi connectivity index (χ2v) is 1.51. The van der Waals surface area contributed by atoms with Crippen molar-refractivity contribution >= 4 is 10.4 Å². The van der Waals surface area contributed by atoms with Crippen molar-refractivity contribution in [3.63, 3.8) is 0 Å². The predicted molar refractivity (Wildman–Crippen MR) is 22.7 cm³/mol. The molecule has 0 amide bonds. The number of hydrogen-bond acceptors (Lipinski definition) is 6. The second-order valence-electron chi connectivity index (χ2n) is 0.651. The average Bonchev–Trinajstić information content (AvgIpc) is 1.19. The fourth-order valence-electron chi connectivity index (χ4n) is 0. The van der Waals surface area contributed by atoms with Gasteiger partial charge in [-0.2, -0.15) is 0 Å². The number of rotatable bonds is 0. The van der Waals surface area contributed by atoms with E-state index in [1.165, 1.54) is 0 Å². The zero-order valence-corrected chi connectivity index (χ0v) is 12.8. The van der Waals surface area contributed by atoms with Gasteiger partial charge in [0.15, 0.2) is 0 Å². The Morgan fingerprint density at radius 2 is 1.18 bits per heavy atom. The van der Waals surface area contributed by atoms with Crippen LogP contribution >= 0.6 is 0 Å². The van der Waals surface area contributed by atoms with E-state index in [4.69, 9.17) is 32.8 Å². The van der Waals surface area contributed by atoms with Gasteiger partial charge in [-0.15, -0.1) is 0 Å². The zero-order valence-electron chi connectivity index (χ0n) is 5.75. The maximum absolute atomic E-state index is 8.63. The molecule has 0 spiro atoms. The summed E-state index contributed by atoms with van der Waals surface area (Å²) in [5.41, 5.74) is 0. The van der Waals surface area contributed by atoms with Gasteiger partial charge in [0.1, 0.15) is 0 Å². The molecule has 0 saturated carbocycles. The molecule has 0 aliphatic rings. The summed E-state index contributed by atoms with van der Waals surface area (Å²) in [4.78, 5) is 8.25. The van der Waals surface area contributed by atoms with E-state index in [-0.39, 0.29) is 103 Å². The Labute approximate surface area is 147 Å². The predicted octanol–water partition coefficient (Wildman–Crippen LogP) is -7.23. The normalized spacial score (nSPS) is 7.45. The first-order valence-corrected chi connectivity index (χ1v) is 2.60. The Bertz CT molecular complexity index is 159. The van der Waals surface area contributed by atoms with Crippen LogP contribution in [0.3, 0.4) is 0 Å². The molecule has 56 valence electrons. The number of hydrogen-bond donors (Lipinski definition) is 1. The van der Waals surface area contributed by atoms with Crippen LogP contribution in [0.5, 0.6) is 0 Å². The van der Waals surface area contributed by atoms with Gasteiger partial charge in [-0.3, -0.25) is 4.55 Å². The fraction of sp³-hybridized carbons (Fsp3) is 0. The first-order chi connectivity index (χ1) is 3.73. The average molecular weight is 237 g/mol. The van der Waals surface area contributed by atoms with Gasteiger partial charge in [-0.25, -0.2) is 8.42 Å². The quantitative estimate of drug-likeness (QED) is 0.145. The van der Waals surface area contributed by atoms with Crippen LogP contribution in [0, 0.1) is 15.3 Å². The zero-order chi connectivity index (χ0) is 8.08. The van der Waals surface area contributed by atoms with Crippen LogP contribution in [0.1, 0.15) is 0 Å². The molecule has 11 heavy (non-hydrogen) atoms. The molecule has 0 bridgehead atoms. The SMILES string of the molecule is O=S(=O)([O-])O.O=[N+]([O-])[O-].[K+].[K+]. The molecule has 0 unspecified atom stereocenters. The van der Waals surface area contributed by atoms with Crippen LogP contribution in [-0.4, -0.2) is 22.6 Å². The van der Waals surface area contributed by atoms with Crippen molar-refractivity contribution in [2.45, 2.75) is 0 Å². The van der Waals surface area contributed by atoms with E-state index in [9.17, 15) is 0 Å². The van der Waals surface area contributed by atoms with Crippen LogP contribution in [0.2, 0.25) is 0 Å². The van der Waals surface area contributed by atoms with Gasteiger partial charge in [-0.1, -0.05) is 0 Å². The van der Waals surface area contributed by atoms with Crippen LogP contribution in [0.15, 0.2) is 0 Å². The Kier molecular flexibility index (Phi) is 26.1. The van der Waals surface area contributed by atoms with Crippen LogP contribution in [0.4, 0.5) is 0 Å². The summed E-state index contributed by atoms with van der Waals surface area (Å²) >= 11 is 0. The van der Waals surface area contributed by atoms with Gasteiger partial charge in [0.2, 0.25) is 10.4 Å². The molecule has 0 aromatic heterocycles. The summed E-state index contributed by atoms with van der Waals surface area (Å²) in [6.45, 7) is 0. The molecule has 0 aromatic rings. The molecule has 0 rings (SSSR count). The van der Waals surface area contributed by atoms with E-state index in [0.29, 0.717) is 0 Å². The molecule has 0 aliphatic carbocycles. The van der Waals surface area contributed by atoms with Gasteiger partial charge in [0, 0.05) is 0 Å². The monoisotopic (exact) mass is 237 g/mol. The van der Waals surface area contributed by atoms with Gasteiger partial charge in [0.25, 0.3) is 0 Å². The van der Waals surface area contributed by atoms with E-state index >= 15 is 0 Å². The largest absolute Gasteiger partial charge is 1.00 e. The second kappa shape index (κ2) is 12.3. The third-order valence-electron chi connectivity index (χ3n) is 0. The van der Waals surface area contributed by atoms with Crippen molar-refractivity contribution in [2.24, 2.45) is 0 Å². The van der Waals surface area contributed by atoms with Crippen molar-refractivity contribution < 1.29 is 125 Å². The molecular formula is HK2NO7S. The molecule has 0 atom stereocenters. The Balaban J connectivity index is -0.0000000383. The first-order valence-electron chi connectivity index (χ1n) is 1.23. The summed E-state index contributed by atoms with van der Waals surface area (Å²) in [6, 6.07) is 0. The molecule has 1 N–H and O–H groups in total.